The van der Waals surface area contributed by atoms with E-state index >= 15 is 0 Å². The quantitative estimate of drug-likeness (QED) is 0.646. The number of amides is 1. The fraction of sp³-hybridized carbons (Fsp3) is 0.286. The second-order valence-electron chi connectivity index (χ2n) is 6.63. The zero-order valence-electron chi connectivity index (χ0n) is 14.2. The molecular weight excluding hydrogens is 314 g/mol. The number of furan rings is 1. The van der Waals surface area contributed by atoms with Gasteiger partial charge in [0.05, 0.1) is 0 Å². The van der Waals surface area contributed by atoms with Gasteiger partial charge in [-0.1, -0.05) is 36.4 Å². The van der Waals surface area contributed by atoms with Gasteiger partial charge in [-0.15, -0.1) is 0 Å². The van der Waals surface area contributed by atoms with Crippen LogP contribution in [0.2, 0.25) is 0 Å². The van der Waals surface area contributed by atoms with Crippen LogP contribution in [-0.4, -0.2) is 23.6 Å². The molecule has 4 nitrogen and oxygen atoms in total. The first kappa shape index (κ1) is 15.8. The third kappa shape index (κ3) is 3.25. The smallest absolute Gasteiger partial charge is 0.415 e. The van der Waals surface area contributed by atoms with Crippen LogP contribution >= 0.6 is 0 Å². The van der Waals surface area contributed by atoms with Crippen LogP contribution in [0.4, 0.5) is 4.79 Å². The van der Waals surface area contributed by atoms with Crippen molar-refractivity contribution in [2.75, 3.05) is 6.54 Å². The number of ether oxygens (including phenoxy) is 1. The number of likely N-dealkylation sites (tertiary alicyclic amines) is 1. The lowest BCUT2D eigenvalue weighted by Crippen LogP contribution is -2.45. The van der Waals surface area contributed by atoms with Crippen molar-refractivity contribution in [1.82, 2.24) is 4.90 Å². The molecule has 2 heterocycles. The first-order chi connectivity index (χ1) is 12.2. The Morgan fingerprint density at radius 2 is 1.88 bits per heavy atom. The molecule has 4 rings (SSSR count). The van der Waals surface area contributed by atoms with Gasteiger partial charge in [0.15, 0.2) is 0 Å². The highest BCUT2D eigenvalue weighted by Gasteiger charge is 2.32. The maximum absolute atomic E-state index is 12.4. The number of benzene rings is 2. The fourth-order valence-electron chi connectivity index (χ4n) is 3.55. The minimum absolute atomic E-state index is 0.114. The van der Waals surface area contributed by atoms with E-state index in [1.165, 1.54) is 0 Å². The van der Waals surface area contributed by atoms with E-state index in [2.05, 4.69) is 19.1 Å². The average Bonchev–Trinajstić information content (AvgIpc) is 3.06. The van der Waals surface area contributed by atoms with E-state index in [9.17, 15) is 4.79 Å². The molecule has 0 spiro atoms. The second-order valence-corrected chi connectivity index (χ2v) is 6.63. The number of para-hydroxylation sites is 2. The summed E-state index contributed by atoms with van der Waals surface area (Å²) in [5.74, 6) is 1.94. The van der Waals surface area contributed by atoms with Crippen LogP contribution in [0.15, 0.2) is 65.1 Å². The van der Waals surface area contributed by atoms with E-state index in [1.807, 2.05) is 41.3 Å². The van der Waals surface area contributed by atoms with Gasteiger partial charge in [-0.3, -0.25) is 0 Å². The van der Waals surface area contributed by atoms with E-state index in [1.54, 1.807) is 12.1 Å². The summed E-state index contributed by atoms with van der Waals surface area (Å²) in [5, 5.41) is 1.14. The molecule has 0 saturated carbocycles. The van der Waals surface area contributed by atoms with Gasteiger partial charge in [0.25, 0.3) is 0 Å². The van der Waals surface area contributed by atoms with Crippen molar-refractivity contribution in [3.8, 4) is 5.75 Å². The molecule has 1 saturated heterocycles. The van der Waals surface area contributed by atoms with Crippen molar-refractivity contribution in [3.63, 3.8) is 0 Å². The molecule has 1 aromatic heterocycles. The molecule has 1 aliphatic heterocycles. The summed E-state index contributed by atoms with van der Waals surface area (Å²) >= 11 is 0. The molecule has 0 aliphatic carbocycles. The van der Waals surface area contributed by atoms with Gasteiger partial charge >= 0.3 is 6.09 Å². The van der Waals surface area contributed by atoms with Crippen molar-refractivity contribution < 1.29 is 13.9 Å². The van der Waals surface area contributed by atoms with Gasteiger partial charge in [-0.2, -0.15) is 0 Å². The molecular formula is C21H21NO3. The van der Waals surface area contributed by atoms with Crippen LogP contribution in [0.25, 0.3) is 11.0 Å². The molecule has 2 atom stereocenters. The number of piperidine rings is 1. The van der Waals surface area contributed by atoms with Crippen LogP contribution in [0.3, 0.4) is 0 Å². The molecule has 1 aliphatic rings. The summed E-state index contributed by atoms with van der Waals surface area (Å²) in [6.45, 7) is 2.75. The van der Waals surface area contributed by atoms with E-state index in [-0.39, 0.29) is 12.1 Å². The number of hydrogen-bond donors (Lipinski definition) is 0. The van der Waals surface area contributed by atoms with Gasteiger partial charge in [-0.05, 0) is 44.0 Å². The van der Waals surface area contributed by atoms with Crippen LogP contribution in [0, 0.1) is 0 Å². The monoisotopic (exact) mass is 335 g/mol. The molecule has 2 unspecified atom stereocenters. The van der Waals surface area contributed by atoms with Gasteiger partial charge < -0.3 is 14.1 Å². The van der Waals surface area contributed by atoms with Crippen molar-refractivity contribution in [2.24, 2.45) is 0 Å². The van der Waals surface area contributed by atoms with Gasteiger partial charge in [0.2, 0.25) is 0 Å². The van der Waals surface area contributed by atoms with E-state index in [0.29, 0.717) is 18.2 Å². The van der Waals surface area contributed by atoms with E-state index in [4.69, 9.17) is 9.15 Å². The molecule has 4 heteroatoms. The van der Waals surface area contributed by atoms with Crippen molar-refractivity contribution in [2.45, 2.75) is 31.7 Å². The number of carbonyl (C=O) groups excluding carboxylic acids is 1. The Morgan fingerprint density at radius 3 is 2.64 bits per heavy atom. The Kier molecular flexibility index (Phi) is 4.18. The molecule has 2 aromatic carbocycles. The predicted octanol–water partition coefficient (Wildman–Crippen LogP) is 5.20. The summed E-state index contributed by atoms with van der Waals surface area (Å²) in [4.78, 5) is 14.3. The molecule has 0 N–H and O–H groups in total. The molecule has 0 radical (unpaired) electrons. The van der Waals surface area contributed by atoms with Crippen LogP contribution in [0.5, 0.6) is 5.75 Å². The number of hydrogen-bond acceptors (Lipinski definition) is 3. The lowest BCUT2D eigenvalue weighted by Gasteiger charge is -2.36. The highest BCUT2D eigenvalue weighted by Crippen LogP contribution is 2.35. The lowest BCUT2D eigenvalue weighted by atomic mass is 9.90. The summed E-state index contributed by atoms with van der Waals surface area (Å²) in [5.41, 5.74) is 0.927. The maximum Gasteiger partial charge on any atom is 0.415 e. The minimum Gasteiger partial charge on any atom is -0.461 e. The second kappa shape index (κ2) is 6.63. The highest BCUT2D eigenvalue weighted by atomic mass is 16.6. The van der Waals surface area contributed by atoms with Crippen molar-refractivity contribution >= 4 is 17.1 Å². The number of nitrogens with zero attached hydrogens (tertiary/aromatic N) is 1. The largest absolute Gasteiger partial charge is 0.461 e. The van der Waals surface area contributed by atoms with E-state index < -0.39 is 0 Å². The van der Waals surface area contributed by atoms with Crippen LogP contribution in [0.1, 0.15) is 31.4 Å². The Balaban J connectivity index is 1.44. The van der Waals surface area contributed by atoms with E-state index in [0.717, 1.165) is 29.6 Å². The van der Waals surface area contributed by atoms with Crippen molar-refractivity contribution in [1.29, 1.82) is 0 Å². The first-order valence-electron chi connectivity index (χ1n) is 8.72. The number of fused-ring (bicyclic) bond motifs is 1. The summed E-state index contributed by atoms with van der Waals surface area (Å²) < 4.78 is 11.5. The fourth-order valence-corrected chi connectivity index (χ4v) is 3.55. The Morgan fingerprint density at radius 1 is 1.12 bits per heavy atom. The predicted molar refractivity (Wildman–Crippen MR) is 96.8 cm³/mol. The normalized spacial score (nSPS) is 20.6. The first-order valence-corrected chi connectivity index (χ1v) is 8.72. The molecule has 3 aromatic rings. The van der Waals surface area contributed by atoms with Crippen LogP contribution in [-0.2, 0) is 0 Å². The summed E-state index contributed by atoms with van der Waals surface area (Å²) in [7, 11) is 0. The molecule has 25 heavy (non-hydrogen) atoms. The van der Waals surface area contributed by atoms with Gasteiger partial charge in [0, 0.05) is 23.9 Å². The zero-order chi connectivity index (χ0) is 17.2. The molecule has 1 fully saturated rings. The maximum atomic E-state index is 12.4. The topological polar surface area (TPSA) is 42.7 Å². The number of rotatable bonds is 2. The molecule has 0 bridgehead atoms. The third-order valence-corrected chi connectivity index (χ3v) is 4.91. The van der Waals surface area contributed by atoms with Gasteiger partial charge in [-0.25, -0.2) is 4.79 Å². The highest BCUT2D eigenvalue weighted by molar-refractivity contribution is 5.77. The Labute approximate surface area is 147 Å². The Bertz CT molecular complexity index is 838. The van der Waals surface area contributed by atoms with Crippen LogP contribution < -0.4 is 4.74 Å². The summed E-state index contributed by atoms with van der Waals surface area (Å²) in [6, 6.07) is 19.5. The average molecular weight is 335 g/mol. The summed E-state index contributed by atoms with van der Waals surface area (Å²) in [6.07, 6.45) is 1.49. The minimum atomic E-state index is -0.276. The Hall–Kier alpha value is -2.75. The number of carbonyl (C=O) groups is 1. The molecule has 128 valence electrons. The van der Waals surface area contributed by atoms with Gasteiger partial charge in [0.1, 0.15) is 17.1 Å². The molecule has 1 amide bonds. The standard InChI is InChI=1S/C21H21NO3/c1-15-13-17(20-14-16-7-5-6-10-19(16)25-20)11-12-22(15)21(23)24-18-8-3-2-4-9-18/h2-10,14-15,17H,11-13H2,1H3. The van der Waals surface area contributed by atoms with Crippen molar-refractivity contribution in [3.05, 3.63) is 66.4 Å². The zero-order valence-corrected chi connectivity index (χ0v) is 14.2. The SMILES string of the molecule is CC1CC(c2cc3ccccc3o2)CCN1C(=O)Oc1ccccc1. The lowest BCUT2D eigenvalue weighted by molar-refractivity contribution is 0.110. The third-order valence-electron chi connectivity index (χ3n) is 4.91.